The van der Waals surface area contributed by atoms with E-state index in [9.17, 15) is 14.7 Å². The summed E-state index contributed by atoms with van der Waals surface area (Å²) < 4.78 is 0. The summed E-state index contributed by atoms with van der Waals surface area (Å²) in [4.78, 5) is 24.7. The smallest absolute Gasteiger partial charge is 0.339 e. The van der Waals surface area contributed by atoms with Gasteiger partial charge in [0.1, 0.15) is 10.6 Å². The summed E-state index contributed by atoms with van der Waals surface area (Å²) in [7, 11) is 0. The van der Waals surface area contributed by atoms with Crippen molar-refractivity contribution in [3.8, 4) is 11.1 Å². The number of rotatable bonds is 4. The average Bonchev–Trinajstić information content (AvgIpc) is 3.13. The summed E-state index contributed by atoms with van der Waals surface area (Å²) in [6, 6.07) is 8.82. The van der Waals surface area contributed by atoms with Crippen LogP contribution in [0.4, 0.5) is 5.00 Å². The summed E-state index contributed by atoms with van der Waals surface area (Å²) in [6.45, 7) is 1.84. The van der Waals surface area contributed by atoms with E-state index in [4.69, 9.17) is 11.6 Å². The summed E-state index contributed by atoms with van der Waals surface area (Å²) in [5.74, 6) is -1.39. The molecule has 0 atom stereocenters. The molecule has 0 bridgehead atoms. The molecule has 0 aliphatic rings. The minimum atomic E-state index is -1.09. The van der Waals surface area contributed by atoms with E-state index in [2.05, 4.69) is 5.32 Å². The Morgan fingerprint density at radius 2 is 2.00 bits per heavy atom. The first kappa shape index (κ1) is 16.7. The predicted octanol–water partition coefficient (Wildman–Crippen LogP) is 5.39. The minimum absolute atomic E-state index is 0.0739. The van der Waals surface area contributed by atoms with Crippen LogP contribution in [0.25, 0.3) is 11.1 Å². The molecule has 0 saturated heterocycles. The molecule has 0 spiro atoms. The third-order valence-electron chi connectivity index (χ3n) is 3.44. The maximum absolute atomic E-state index is 12.4. The fraction of sp³-hybridized carbons (Fsp3) is 0.0588. The van der Waals surface area contributed by atoms with E-state index in [-0.39, 0.29) is 11.5 Å². The van der Waals surface area contributed by atoms with Crippen LogP contribution in [0, 0.1) is 6.92 Å². The number of carboxylic acid groups (broad SMARTS) is 1. The molecule has 0 radical (unpaired) electrons. The standard InChI is InChI=1S/C17H12ClNO3S2/c1-9-5-6-23-14(9)15(20)19-16-13(17(21)22)12(8-24-16)10-3-2-4-11(18)7-10/h2-8H,1H3,(H,19,20)(H,21,22). The molecule has 3 aromatic rings. The van der Waals surface area contributed by atoms with Crippen LogP contribution >= 0.6 is 34.3 Å². The number of halogens is 1. The summed E-state index contributed by atoms with van der Waals surface area (Å²) in [5.41, 5.74) is 2.17. The quantitative estimate of drug-likeness (QED) is 0.640. The highest BCUT2D eigenvalue weighted by atomic mass is 35.5. The molecule has 3 rings (SSSR count). The molecule has 122 valence electrons. The number of nitrogens with one attached hydrogen (secondary N) is 1. The number of hydrogen-bond acceptors (Lipinski definition) is 4. The molecule has 0 fully saturated rings. The second kappa shape index (κ2) is 6.76. The lowest BCUT2D eigenvalue weighted by Gasteiger charge is -2.06. The fourth-order valence-corrected chi connectivity index (χ4v) is 4.26. The van der Waals surface area contributed by atoms with Crippen molar-refractivity contribution in [1.29, 1.82) is 0 Å². The number of thiophene rings is 2. The van der Waals surface area contributed by atoms with Gasteiger partial charge in [-0.3, -0.25) is 4.79 Å². The van der Waals surface area contributed by atoms with Gasteiger partial charge < -0.3 is 10.4 Å². The zero-order valence-electron chi connectivity index (χ0n) is 12.5. The molecular formula is C17H12ClNO3S2. The van der Waals surface area contributed by atoms with E-state index in [1.165, 1.54) is 22.7 Å². The monoisotopic (exact) mass is 377 g/mol. The van der Waals surface area contributed by atoms with Crippen molar-refractivity contribution in [2.24, 2.45) is 0 Å². The molecule has 1 aromatic carbocycles. The Bertz CT molecular complexity index is 930. The normalized spacial score (nSPS) is 10.6. The second-order valence-electron chi connectivity index (χ2n) is 5.06. The van der Waals surface area contributed by atoms with Crippen LogP contribution in [0.15, 0.2) is 41.1 Å². The van der Waals surface area contributed by atoms with Gasteiger partial charge in [-0.05, 0) is 41.6 Å². The van der Waals surface area contributed by atoms with Crippen LogP contribution in [0.2, 0.25) is 5.02 Å². The molecule has 2 N–H and O–H groups in total. The van der Waals surface area contributed by atoms with Crippen molar-refractivity contribution >= 4 is 51.2 Å². The summed E-state index contributed by atoms with van der Waals surface area (Å²) in [6.07, 6.45) is 0. The van der Waals surface area contributed by atoms with Crippen molar-refractivity contribution in [2.75, 3.05) is 5.32 Å². The Morgan fingerprint density at radius 3 is 2.62 bits per heavy atom. The average molecular weight is 378 g/mol. The topological polar surface area (TPSA) is 66.4 Å². The van der Waals surface area contributed by atoms with Gasteiger partial charge in [0.25, 0.3) is 5.91 Å². The predicted molar refractivity (Wildman–Crippen MR) is 98.7 cm³/mol. The van der Waals surface area contributed by atoms with Gasteiger partial charge in [0, 0.05) is 16.0 Å². The highest BCUT2D eigenvalue weighted by Crippen LogP contribution is 2.37. The Morgan fingerprint density at radius 1 is 1.21 bits per heavy atom. The van der Waals surface area contributed by atoms with Crippen LogP contribution in [-0.4, -0.2) is 17.0 Å². The van der Waals surface area contributed by atoms with Crippen LogP contribution in [0.1, 0.15) is 25.6 Å². The zero-order chi connectivity index (χ0) is 17.3. The third kappa shape index (κ3) is 3.21. The fourth-order valence-electron chi connectivity index (χ4n) is 2.30. The SMILES string of the molecule is Cc1ccsc1C(=O)Nc1scc(-c2cccc(Cl)c2)c1C(=O)O. The Balaban J connectivity index is 1.99. The van der Waals surface area contributed by atoms with Gasteiger partial charge in [-0.15, -0.1) is 22.7 Å². The number of carbonyl (C=O) groups is 2. The number of aryl methyl sites for hydroxylation is 1. The molecule has 4 nitrogen and oxygen atoms in total. The number of benzene rings is 1. The number of amides is 1. The van der Waals surface area contributed by atoms with Crippen molar-refractivity contribution in [3.63, 3.8) is 0 Å². The first-order valence-electron chi connectivity index (χ1n) is 6.93. The number of anilines is 1. The van der Waals surface area contributed by atoms with Crippen molar-refractivity contribution in [3.05, 3.63) is 62.1 Å². The van der Waals surface area contributed by atoms with Crippen LogP contribution in [0.3, 0.4) is 0 Å². The molecule has 24 heavy (non-hydrogen) atoms. The largest absolute Gasteiger partial charge is 0.478 e. The van der Waals surface area contributed by atoms with Crippen molar-refractivity contribution in [2.45, 2.75) is 6.92 Å². The van der Waals surface area contributed by atoms with E-state index >= 15 is 0 Å². The van der Waals surface area contributed by atoms with E-state index in [1.54, 1.807) is 29.6 Å². The van der Waals surface area contributed by atoms with Gasteiger partial charge in [0.2, 0.25) is 0 Å². The molecule has 2 heterocycles. The molecule has 0 aliphatic heterocycles. The van der Waals surface area contributed by atoms with Gasteiger partial charge in [0.05, 0.1) is 4.88 Å². The zero-order valence-corrected chi connectivity index (χ0v) is 14.9. The molecule has 1 amide bonds. The Hall–Kier alpha value is -2.15. The molecule has 7 heteroatoms. The molecule has 2 aromatic heterocycles. The van der Waals surface area contributed by atoms with Gasteiger partial charge in [-0.1, -0.05) is 23.7 Å². The van der Waals surface area contributed by atoms with Gasteiger partial charge >= 0.3 is 5.97 Å². The maximum Gasteiger partial charge on any atom is 0.339 e. The summed E-state index contributed by atoms with van der Waals surface area (Å²) >= 11 is 8.50. The molecular weight excluding hydrogens is 366 g/mol. The van der Waals surface area contributed by atoms with E-state index < -0.39 is 5.97 Å². The van der Waals surface area contributed by atoms with Crippen LogP contribution in [0.5, 0.6) is 0 Å². The first-order chi connectivity index (χ1) is 11.5. The van der Waals surface area contributed by atoms with Crippen LogP contribution in [-0.2, 0) is 0 Å². The number of carbonyl (C=O) groups excluding carboxylic acids is 1. The number of aromatic carboxylic acids is 1. The van der Waals surface area contributed by atoms with E-state index in [0.717, 1.165) is 5.56 Å². The van der Waals surface area contributed by atoms with E-state index in [0.29, 0.717) is 26.0 Å². The highest BCUT2D eigenvalue weighted by molar-refractivity contribution is 7.15. The van der Waals surface area contributed by atoms with Crippen molar-refractivity contribution < 1.29 is 14.7 Å². The third-order valence-corrected chi connectivity index (χ3v) is 5.58. The lowest BCUT2D eigenvalue weighted by atomic mass is 10.0. The highest BCUT2D eigenvalue weighted by Gasteiger charge is 2.22. The first-order valence-corrected chi connectivity index (χ1v) is 9.07. The van der Waals surface area contributed by atoms with Crippen molar-refractivity contribution in [1.82, 2.24) is 0 Å². The number of carboxylic acids is 1. The Kier molecular flexibility index (Phi) is 4.71. The van der Waals surface area contributed by atoms with Gasteiger partial charge in [-0.2, -0.15) is 0 Å². The minimum Gasteiger partial charge on any atom is -0.478 e. The summed E-state index contributed by atoms with van der Waals surface area (Å²) in [5, 5.41) is 16.7. The molecule has 0 unspecified atom stereocenters. The Labute approximate surface area is 151 Å². The van der Waals surface area contributed by atoms with Gasteiger partial charge in [-0.25, -0.2) is 4.79 Å². The van der Waals surface area contributed by atoms with Gasteiger partial charge in [0.15, 0.2) is 0 Å². The maximum atomic E-state index is 12.4. The van der Waals surface area contributed by atoms with Crippen LogP contribution < -0.4 is 5.32 Å². The molecule has 0 aliphatic carbocycles. The lowest BCUT2D eigenvalue weighted by molar-refractivity contribution is 0.0699. The number of hydrogen-bond donors (Lipinski definition) is 2. The van der Waals surface area contributed by atoms with E-state index in [1.807, 2.05) is 18.4 Å². The second-order valence-corrected chi connectivity index (χ2v) is 7.29. The lowest BCUT2D eigenvalue weighted by Crippen LogP contribution is -2.13. The molecule has 0 saturated carbocycles.